The predicted octanol–water partition coefficient (Wildman–Crippen LogP) is 3.16. The number of hydrogen-bond donors (Lipinski definition) is 1. The largest absolute Gasteiger partial charge is 0.390 e. The van der Waals surface area contributed by atoms with Gasteiger partial charge in [-0.3, -0.25) is 0 Å². The highest BCUT2D eigenvalue weighted by atomic mass is 19.4. The third-order valence-corrected chi connectivity index (χ3v) is 2.25. The molecule has 0 aliphatic carbocycles. The lowest BCUT2D eigenvalue weighted by Crippen LogP contribution is -2.22. The molecule has 0 saturated carbocycles. The fraction of sp³-hybridized carbons (Fsp3) is 0.500. The SMILES string of the molecule is FC(F)(F)CCNCCCc1ccccc1. The van der Waals surface area contributed by atoms with Gasteiger partial charge in [0, 0.05) is 6.54 Å². The minimum absolute atomic E-state index is 0.0122. The summed E-state index contributed by atoms with van der Waals surface area (Å²) in [6.07, 6.45) is -3.04. The standard InChI is InChI=1S/C12H16F3N/c13-12(14,15)8-10-16-9-4-7-11-5-2-1-3-6-11/h1-3,5-6,16H,4,7-10H2. The Labute approximate surface area is 93.7 Å². The molecule has 0 aliphatic heterocycles. The van der Waals surface area contributed by atoms with Crippen LogP contribution in [-0.4, -0.2) is 19.3 Å². The Balaban J connectivity index is 2.01. The van der Waals surface area contributed by atoms with Crippen LogP contribution in [0.25, 0.3) is 0 Å². The second-order valence-corrected chi connectivity index (χ2v) is 3.70. The molecule has 0 unspecified atom stereocenters. The summed E-state index contributed by atoms with van der Waals surface area (Å²) >= 11 is 0. The zero-order chi connectivity index (χ0) is 11.9. The molecular formula is C12H16F3N. The summed E-state index contributed by atoms with van der Waals surface area (Å²) in [5, 5.41) is 2.79. The second kappa shape index (κ2) is 6.53. The summed E-state index contributed by atoms with van der Waals surface area (Å²) in [6, 6.07) is 9.93. The third kappa shape index (κ3) is 6.45. The third-order valence-electron chi connectivity index (χ3n) is 2.25. The van der Waals surface area contributed by atoms with Crippen molar-refractivity contribution in [2.24, 2.45) is 0 Å². The molecule has 4 heteroatoms. The summed E-state index contributed by atoms with van der Waals surface area (Å²) in [7, 11) is 0. The Kier molecular flexibility index (Phi) is 5.32. The van der Waals surface area contributed by atoms with E-state index in [0.29, 0.717) is 6.54 Å². The van der Waals surface area contributed by atoms with Gasteiger partial charge in [-0.15, -0.1) is 0 Å². The number of hydrogen-bond acceptors (Lipinski definition) is 1. The molecule has 0 amide bonds. The van der Waals surface area contributed by atoms with Crippen LogP contribution in [0.2, 0.25) is 0 Å². The van der Waals surface area contributed by atoms with Crippen molar-refractivity contribution in [3.63, 3.8) is 0 Å². The molecule has 0 aromatic heterocycles. The van der Waals surface area contributed by atoms with Gasteiger partial charge in [0.25, 0.3) is 0 Å². The first-order chi connectivity index (χ1) is 7.58. The average molecular weight is 231 g/mol. The monoisotopic (exact) mass is 231 g/mol. The summed E-state index contributed by atoms with van der Waals surface area (Å²) in [5.74, 6) is 0. The van der Waals surface area contributed by atoms with Crippen molar-refractivity contribution in [3.8, 4) is 0 Å². The number of aryl methyl sites for hydroxylation is 1. The van der Waals surface area contributed by atoms with Gasteiger partial charge in [-0.1, -0.05) is 30.3 Å². The first kappa shape index (κ1) is 13.0. The van der Waals surface area contributed by atoms with Crippen LogP contribution in [0.1, 0.15) is 18.4 Å². The Bertz CT molecular complexity index is 282. The highest BCUT2D eigenvalue weighted by molar-refractivity contribution is 5.14. The first-order valence-corrected chi connectivity index (χ1v) is 5.39. The maximum atomic E-state index is 11.8. The number of rotatable bonds is 6. The summed E-state index contributed by atoms with van der Waals surface area (Å²) in [6.45, 7) is 0.642. The van der Waals surface area contributed by atoms with E-state index in [2.05, 4.69) is 5.32 Å². The molecule has 0 spiro atoms. The normalized spacial score (nSPS) is 11.7. The van der Waals surface area contributed by atoms with E-state index in [1.54, 1.807) is 0 Å². The van der Waals surface area contributed by atoms with E-state index in [1.165, 1.54) is 5.56 Å². The smallest absolute Gasteiger partial charge is 0.316 e. The van der Waals surface area contributed by atoms with Crippen LogP contribution in [0, 0.1) is 0 Å². The average Bonchev–Trinajstić information content (AvgIpc) is 2.23. The zero-order valence-electron chi connectivity index (χ0n) is 9.06. The molecule has 0 bridgehead atoms. The highest BCUT2D eigenvalue weighted by Crippen LogP contribution is 2.18. The molecular weight excluding hydrogens is 215 g/mol. The van der Waals surface area contributed by atoms with Crippen LogP contribution < -0.4 is 5.32 Å². The van der Waals surface area contributed by atoms with Crippen molar-refractivity contribution in [1.82, 2.24) is 5.32 Å². The van der Waals surface area contributed by atoms with E-state index in [-0.39, 0.29) is 6.54 Å². The quantitative estimate of drug-likeness (QED) is 0.741. The molecule has 1 aromatic rings. The van der Waals surface area contributed by atoms with Gasteiger partial charge in [0.1, 0.15) is 0 Å². The van der Waals surface area contributed by atoms with Crippen LogP contribution >= 0.6 is 0 Å². The van der Waals surface area contributed by atoms with Gasteiger partial charge in [0.15, 0.2) is 0 Å². The lowest BCUT2D eigenvalue weighted by Gasteiger charge is -2.07. The van der Waals surface area contributed by atoms with Gasteiger partial charge in [-0.2, -0.15) is 13.2 Å². The molecule has 1 rings (SSSR count). The van der Waals surface area contributed by atoms with Crippen LogP contribution in [0.5, 0.6) is 0 Å². The Morgan fingerprint density at radius 2 is 1.69 bits per heavy atom. The van der Waals surface area contributed by atoms with Crippen LogP contribution in [0.3, 0.4) is 0 Å². The molecule has 1 nitrogen and oxygen atoms in total. The van der Waals surface area contributed by atoms with Crippen molar-refractivity contribution in [3.05, 3.63) is 35.9 Å². The van der Waals surface area contributed by atoms with Gasteiger partial charge in [0.05, 0.1) is 6.42 Å². The summed E-state index contributed by atoms with van der Waals surface area (Å²) in [4.78, 5) is 0. The lowest BCUT2D eigenvalue weighted by molar-refractivity contribution is -0.133. The van der Waals surface area contributed by atoms with E-state index in [1.807, 2.05) is 30.3 Å². The molecule has 1 aromatic carbocycles. The van der Waals surface area contributed by atoms with Crippen molar-refractivity contribution in [2.75, 3.05) is 13.1 Å². The minimum Gasteiger partial charge on any atom is -0.316 e. The van der Waals surface area contributed by atoms with Gasteiger partial charge in [-0.25, -0.2) is 0 Å². The van der Waals surface area contributed by atoms with E-state index in [0.717, 1.165) is 12.8 Å². The number of halogens is 3. The molecule has 0 aliphatic rings. The number of benzene rings is 1. The fourth-order valence-electron chi connectivity index (χ4n) is 1.42. The number of alkyl halides is 3. The Morgan fingerprint density at radius 3 is 2.31 bits per heavy atom. The summed E-state index contributed by atoms with van der Waals surface area (Å²) < 4.78 is 35.4. The van der Waals surface area contributed by atoms with Gasteiger partial charge < -0.3 is 5.32 Å². The predicted molar refractivity (Wildman–Crippen MR) is 58.3 cm³/mol. The van der Waals surface area contributed by atoms with Gasteiger partial charge >= 0.3 is 6.18 Å². The molecule has 90 valence electrons. The van der Waals surface area contributed by atoms with Gasteiger partial charge in [0.2, 0.25) is 0 Å². The van der Waals surface area contributed by atoms with Crippen LogP contribution in [0.15, 0.2) is 30.3 Å². The van der Waals surface area contributed by atoms with Gasteiger partial charge in [-0.05, 0) is 24.9 Å². The first-order valence-electron chi connectivity index (χ1n) is 5.39. The van der Waals surface area contributed by atoms with Crippen LogP contribution in [-0.2, 0) is 6.42 Å². The molecule has 0 heterocycles. The Hall–Kier alpha value is -1.03. The Morgan fingerprint density at radius 1 is 1.00 bits per heavy atom. The second-order valence-electron chi connectivity index (χ2n) is 3.70. The van der Waals surface area contributed by atoms with E-state index in [9.17, 15) is 13.2 Å². The molecule has 1 N–H and O–H groups in total. The van der Waals surface area contributed by atoms with Crippen LogP contribution in [0.4, 0.5) is 13.2 Å². The van der Waals surface area contributed by atoms with Crippen molar-refractivity contribution >= 4 is 0 Å². The minimum atomic E-state index is -4.05. The highest BCUT2D eigenvalue weighted by Gasteiger charge is 2.25. The maximum Gasteiger partial charge on any atom is 0.390 e. The van der Waals surface area contributed by atoms with Crippen molar-refractivity contribution < 1.29 is 13.2 Å². The summed E-state index contributed by atoms with van der Waals surface area (Å²) in [5.41, 5.74) is 1.22. The lowest BCUT2D eigenvalue weighted by atomic mass is 10.1. The number of nitrogens with one attached hydrogen (secondary N) is 1. The molecule has 0 radical (unpaired) electrons. The molecule has 0 saturated heterocycles. The molecule has 0 fully saturated rings. The molecule has 0 atom stereocenters. The van der Waals surface area contributed by atoms with E-state index < -0.39 is 12.6 Å². The zero-order valence-corrected chi connectivity index (χ0v) is 9.06. The van der Waals surface area contributed by atoms with E-state index >= 15 is 0 Å². The van der Waals surface area contributed by atoms with Crippen molar-refractivity contribution in [1.29, 1.82) is 0 Å². The maximum absolute atomic E-state index is 11.8. The topological polar surface area (TPSA) is 12.0 Å². The van der Waals surface area contributed by atoms with Crippen molar-refractivity contribution in [2.45, 2.75) is 25.4 Å². The fourth-order valence-corrected chi connectivity index (χ4v) is 1.42. The van der Waals surface area contributed by atoms with E-state index in [4.69, 9.17) is 0 Å². The molecule has 16 heavy (non-hydrogen) atoms.